The van der Waals surface area contributed by atoms with Crippen LogP contribution in [0.1, 0.15) is 22.2 Å². The van der Waals surface area contributed by atoms with Crippen molar-refractivity contribution >= 4 is 28.9 Å². The molecule has 8 heteroatoms. The van der Waals surface area contributed by atoms with E-state index in [0.29, 0.717) is 22.4 Å². The molecule has 166 valence electrons. The van der Waals surface area contributed by atoms with E-state index in [1.807, 2.05) is 36.4 Å². The van der Waals surface area contributed by atoms with Gasteiger partial charge in [-0.3, -0.25) is 14.6 Å². The summed E-state index contributed by atoms with van der Waals surface area (Å²) in [5.74, 6) is -0.859. The maximum Gasteiger partial charge on any atom is 0.302 e. The predicted octanol–water partition coefficient (Wildman–Crippen LogP) is 5.20. The molecule has 0 unspecified atom stereocenters. The van der Waals surface area contributed by atoms with Gasteiger partial charge in [-0.1, -0.05) is 18.2 Å². The molecule has 3 N–H and O–H groups in total. The minimum absolute atomic E-state index is 0.0562. The highest BCUT2D eigenvalue weighted by Gasteiger charge is 2.14. The lowest BCUT2D eigenvalue weighted by atomic mass is 10.0. The summed E-state index contributed by atoms with van der Waals surface area (Å²) in [7, 11) is 0. The summed E-state index contributed by atoms with van der Waals surface area (Å²) >= 11 is 1.48. The molecule has 2 heterocycles. The Bertz CT molecular complexity index is 1330. The molecule has 4 aromatic rings. The second kappa shape index (κ2) is 9.54. The smallest absolute Gasteiger partial charge is 0.302 e. The fourth-order valence-electron chi connectivity index (χ4n) is 3.25. The largest absolute Gasteiger partial charge is 0.508 e. The standard InChI is InChI=1S/C25H20N2O5S/c1-15(28)32-14-19-7-9-24(33-19)21-4-2-3-5-22(21)27-25(31)17-10-16(12-26-13-17)20-8-6-18(29)11-23(20)30/h2-13,29-30H,14H2,1H3,(H,27,31). The Morgan fingerprint density at radius 1 is 1.00 bits per heavy atom. The van der Waals surface area contributed by atoms with Crippen molar-refractivity contribution in [3.8, 4) is 33.1 Å². The van der Waals surface area contributed by atoms with Gasteiger partial charge < -0.3 is 20.3 Å². The molecule has 0 radical (unpaired) electrons. The summed E-state index contributed by atoms with van der Waals surface area (Å²) in [5.41, 5.74) is 2.78. The van der Waals surface area contributed by atoms with Gasteiger partial charge in [0.2, 0.25) is 0 Å². The van der Waals surface area contributed by atoms with E-state index in [4.69, 9.17) is 4.74 Å². The number of carbonyl (C=O) groups is 2. The van der Waals surface area contributed by atoms with Crippen LogP contribution in [0.4, 0.5) is 5.69 Å². The number of nitrogens with one attached hydrogen (secondary N) is 1. The average molecular weight is 461 g/mol. The highest BCUT2D eigenvalue weighted by atomic mass is 32.1. The molecule has 4 rings (SSSR count). The van der Waals surface area contributed by atoms with Crippen molar-refractivity contribution < 1.29 is 24.5 Å². The summed E-state index contributed by atoms with van der Waals surface area (Å²) in [5, 5.41) is 22.6. The number of rotatable bonds is 6. The molecule has 0 saturated heterocycles. The van der Waals surface area contributed by atoms with Crippen LogP contribution in [0.25, 0.3) is 21.6 Å². The molecule has 2 aromatic heterocycles. The number of thiophene rings is 1. The molecule has 0 bridgehead atoms. The third kappa shape index (κ3) is 5.19. The molecule has 0 spiro atoms. The second-order valence-electron chi connectivity index (χ2n) is 7.21. The van der Waals surface area contributed by atoms with E-state index in [2.05, 4.69) is 10.3 Å². The number of anilines is 1. The van der Waals surface area contributed by atoms with Gasteiger partial charge in [0.05, 0.1) is 5.56 Å². The highest BCUT2D eigenvalue weighted by Crippen LogP contribution is 2.35. The summed E-state index contributed by atoms with van der Waals surface area (Å²) < 4.78 is 5.06. The van der Waals surface area contributed by atoms with Crippen LogP contribution in [-0.2, 0) is 16.1 Å². The Kier molecular flexibility index (Phi) is 6.37. The first-order valence-corrected chi connectivity index (χ1v) is 10.8. The van der Waals surface area contributed by atoms with Gasteiger partial charge in [-0.2, -0.15) is 0 Å². The number of pyridine rings is 1. The zero-order valence-corrected chi connectivity index (χ0v) is 18.4. The van der Waals surface area contributed by atoms with Crippen LogP contribution in [0.5, 0.6) is 11.5 Å². The fraction of sp³-hybridized carbons (Fsp3) is 0.0800. The van der Waals surface area contributed by atoms with Gasteiger partial charge in [-0.25, -0.2) is 0 Å². The van der Waals surface area contributed by atoms with Crippen molar-refractivity contribution in [3.05, 3.63) is 83.5 Å². The Morgan fingerprint density at radius 3 is 2.61 bits per heavy atom. The van der Waals surface area contributed by atoms with E-state index in [9.17, 15) is 19.8 Å². The van der Waals surface area contributed by atoms with E-state index in [0.717, 1.165) is 15.3 Å². The number of benzene rings is 2. The van der Waals surface area contributed by atoms with Gasteiger partial charge in [-0.15, -0.1) is 11.3 Å². The monoisotopic (exact) mass is 460 g/mol. The highest BCUT2D eigenvalue weighted by molar-refractivity contribution is 7.15. The number of amides is 1. The Labute approximate surface area is 193 Å². The maximum absolute atomic E-state index is 13.0. The minimum atomic E-state index is -0.355. The van der Waals surface area contributed by atoms with Crippen molar-refractivity contribution in [3.63, 3.8) is 0 Å². The number of ether oxygens (including phenoxy) is 1. The molecular weight excluding hydrogens is 440 g/mol. The van der Waals surface area contributed by atoms with E-state index >= 15 is 0 Å². The molecule has 0 atom stereocenters. The Hall–Kier alpha value is -4.17. The van der Waals surface area contributed by atoms with Gasteiger partial charge >= 0.3 is 5.97 Å². The summed E-state index contributed by atoms with van der Waals surface area (Å²) in [6.07, 6.45) is 2.98. The van der Waals surface area contributed by atoms with Crippen molar-refractivity contribution in [2.75, 3.05) is 5.32 Å². The SMILES string of the molecule is CC(=O)OCc1ccc(-c2ccccc2NC(=O)c2cncc(-c3ccc(O)cc3O)c2)s1. The van der Waals surface area contributed by atoms with Crippen molar-refractivity contribution in [2.45, 2.75) is 13.5 Å². The topological polar surface area (TPSA) is 109 Å². The van der Waals surface area contributed by atoms with Gasteiger partial charge in [0.15, 0.2) is 0 Å². The molecule has 2 aromatic carbocycles. The number of nitrogens with zero attached hydrogens (tertiary/aromatic N) is 1. The molecule has 0 aliphatic heterocycles. The van der Waals surface area contributed by atoms with Gasteiger partial charge in [0.1, 0.15) is 18.1 Å². The zero-order valence-electron chi connectivity index (χ0n) is 17.6. The third-order valence-electron chi connectivity index (χ3n) is 4.81. The van der Waals surface area contributed by atoms with Crippen LogP contribution in [0, 0.1) is 0 Å². The van der Waals surface area contributed by atoms with Crippen LogP contribution in [-0.4, -0.2) is 27.1 Å². The lowest BCUT2D eigenvalue weighted by Crippen LogP contribution is -2.13. The number of hydrogen-bond donors (Lipinski definition) is 3. The number of para-hydroxylation sites is 1. The molecule has 33 heavy (non-hydrogen) atoms. The van der Waals surface area contributed by atoms with Gasteiger partial charge in [0.25, 0.3) is 5.91 Å². The minimum Gasteiger partial charge on any atom is -0.508 e. The van der Waals surface area contributed by atoms with E-state index in [-0.39, 0.29) is 30.0 Å². The predicted molar refractivity (Wildman–Crippen MR) is 126 cm³/mol. The number of phenolic OH excluding ortho intramolecular Hbond substituents is 2. The number of aromatic hydroxyl groups is 2. The van der Waals surface area contributed by atoms with Crippen LogP contribution in [0.15, 0.2) is 73.1 Å². The summed E-state index contributed by atoms with van der Waals surface area (Å²) in [6.45, 7) is 1.57. The Balaban J connectivity index is 1.57. The summed E-state index contributed by atoms with van der Waals surface area (Å²) in [4.78, 5) is 30.0. The summed E-state index contributed by atoms with van der Waals surface area (Å²) in [6, 6.07) is 17.1. The van der Waals surface area contributed by atoms with E-state index in [1.54, 1.807) is 12.1 Å². The third-order valence-corrected chi connectivity index (χ3v) is 5.90. The molecule has 7 nitrogen and oxygen atoms in total. The zero-order chi connectivity index (χ0) is 23.4. The lowest BCUT2D eigenvalue weighted by Gasteiger charge is -2.11. The Morgan fingerprint density at radius 2 is 1.82 bits per heavy atom. The van der Waals surface area contributed by atoms with Gasteiger partial charge in [0, 0.05) is 57.5 Å². The van der Waals surface area contributed by atoms with Crippen LogP contribution in [0.3, 0.4) is 0 Å². The molecular formula is C25H20N2O5S. The van der Waals surface area contributed by atoms with E-state index in [1.165, 1.54) is 42.8 Å². The molecule has 0 aliphatic rings. The maximum atomic E-state index is 13.0. The lowest BCUT2D eigenvalue weighted by molar-refractivity contribution is -0.142. The first-order chi connectivity index (χ1) is 15.9. The first-order valence-electron chi connectivity index (χ1n) is 10.0. The average Bonchev–Trinajstić information content (AvgIpc) is 3.27. The molecule has 0 saturated carbocycles. The first kappa shape index (κ1) is 22.0. The molecule has 0 aliphatic carbocycles. The van der Waals surface area contributed by atoms with Crippen LogP contribution >= 0.6 is 11.3 Å². The number of esters is 1. The molecule has 1 amide bonds. The van der Waals surface area contributed by atoms with E-state index < -0.39 is 0 Å². The number of phenols is 2. The quantitative estimate of drug-likeness (QED) is 0.341. The van der Waals surface area contributed by atoms with Crippen LogP contribution in [0.2, 0.25) is 0 Å². The van der Waals surface area contributed by atoms with Crippen molar-refractivity contribution in [1.82, 2.24) is 4.98 Å². The number of aromatic nitrogens is 1. The van der Waals surface area contributed by atoms with Crippen molar-refractivity contribution in [2.24, 2.45) is 0 Å². The van der Waals surface area contributed by atoms with Crippen LogP contribution < -0.4 is 5.32 Å². The second-order valence-corrected chi connectivity index (χ2v) is 8.38. The normalized spacial score (nSPS) is 10.6. The number of hydrogen-bond acceptors (Lipinski definition) is 7. The fourth-order valence-corrected chi connectivity index (χ4v) is 4.21. The molecule has 0 fully saturated rings. The number of carbonyl (C=O) groups excluding carboxylic acids is 2. The van der Waals surface area contributed by atoms with Gasteiger partial charge in [-0.05, 0) is 36.4 Å². The van der Waals surface area contributed by atoms with Crippen molar-refractivity contribution in [1.29, 1.82) is 0 Å².